The summed E-state index contributed by atoms with van der Waals surface area (Å²) >= 11 is 0. The van der Waals surface area contributed by atoms with Crippen molar-refractivity contribution in [3.63, 3.8) is 0 Å². The zero-order valence-electron chi connectivity index (χ0n) is 31.8. The number of Topliss-reactive ketones (excluding diaryl/α,β-unsaturated/α-hetero) is 1. The maximum absolute atomic E-state index is 12.7. The maximum Gasteiger partial charge on any atom is 0.316 e. The average Bonchev–Trinajstić information content (AvgIpc) is 3.19. The van der Waals surface area contributed by atoms with Crippen LogP contribution in [0.25, 0.3) is 0 Å². The van der Waals surface area contributed by atoms with Gasteiger partial charge in [-0.25, -0.2) is 0 Å². The van der Waals surface area contributed by atoms with E-state index in [0.717, 1.165) is 0 Å². The highest BCUT2D eigenvalue weighted by molar-refractivity contribution is 6.21. The lowest BCUT2D eigenvalue weighted by Gasteiger charge is -2.25. The molecule has 2 unspecified atom stereocenters. The number of hydrogen-bond acceptors (Lipinski definition) is 12. The van der Waals surface area contributed by atoms with Gasteiger partial charge in [0.15, 0.2) is 40.3 Å². The second kappa shape index (κ2) is 20.2. The van der Waals surface area contributed by atoms with Crippen molar-refractivity contribution in [1.82, 2.24) is 0 Å². The van der Waals surface area contributed by atoms with Gasteiger partial charge < -0.3 is 53.6 Å². The van der Waals surface area contributed by atoms with Crippen LogP contribution < -0.4 is 48.5 Å². The number of fused-ring (bicyclic) bond motifs is 1. The molecule has 56 heavy (non-hydrogen) atoms. The van der Waals surface area contributed by atoms with Gasteiger partial charge in [-0.15, -0.1) is 0 Å². The Morgan fingerprint density at radius 1 is 0.661 bits per heavy atom. The number of carboxylic acid groups (broad SMARTS) is 1. The summed E-state index contributed by atoms with van der Waals surface area (Å²) in [5.41, 5.74) is 0.971. The molecule has 0 bridgehead atoms. The zero-order chi connectivity index (χ0) is 40.2. The molecule has 1 aliphatic heterocycles. The highest BCUT2D eigenvalue weighted by Crippen LogP contribution is 2.43. The van der Waals surface area contributed by atoms with Crippen LogP contribution in [0.4, 0.5) is 11.4 Å². The summed E-state index contributed by atoms with van der Waals surface area (Å²) in [7, 11) is 9.09. The highest BCUT2D eigenvalue weighted by atomic mass is 16.5. The van der Waals surface area contributed by atoms with Gasteiger partial charge in [-0.3, -0.25) is 19.2 Å². The van der Waals surface area contributed by atoms with Gasteiger partial charge in [-0.05, 0) is 55.3 Å². The molecule has 300 valence electrons. The lowest BCUT2D eigenvalue weighted by atomic mass is 9.89. The summed E-state index contributed by atoms with van der Waals surface area (Å²) in [4.78, 5) is 48.7. The average molecular weight is 777 g/mol. The second-order valence-corrected chi connectivity index (χ2v) is 11.8. The van der Waals surface area contributed by atoms with Crippen molar-refractivity contribution in [2.24, 2.45) is 11.8 Å². The Balaban J connectivity index is 0.000000295. The number of amides is 2. The number of hydrogen-bond donors (Lipinski definition) is 3. The number of carbonyl (C=O) groups excluding carboxylic acids is 3. The molecule has 0 spiro atoms. The van der Waals surface area contributed by atoms with Crippen molar-refractivity contribution in [2.45, 2.75) is 34.1 Å². The predicted molar refractivity (Wildman–Crippen MR) is 209 cm³/mol. The van der Waals surface area contributed by atoms with Gasteiger partial charge in [-0.1, -0.05) is 21.3 Å². The second-order valence-electron chi connectivity index (χ2n) is 11.8. The fourth-order valence-corrected chi connectivity index (χ4v) is 5.47. The van der Waals surface area contributed by atoms with Gasteiger partial charge in [0.25, 0.3) is 0 Å². The third kappa shape index (κ3) is 10.1. The first-order valence-corrected chi connectivity index (χ1v) is 17.0. The Morgan fingerprint density at radius 3 is 1.61 bits per heavy atom. The molecule has 0 radical (unpaired) electrons. The third-order valence-electron chi connectivity index (χ3n) is 8.52. The number of ketones is 1. The molecule has 0 saturated carbocycles. The predicted octanol–water partition coefficient (Wildman–Crippen LogP) is 7.86. The number of anilines is 2. The quantitative estimate of drug-likeness (QED) is 0.0992. The van der Waals surface area contributed by atoms with Crippen LogP contribution in [0, 0.1) is 11.8 Å². The van der Waals surface area contributed by atoms with E-state index in [-0.39, 0.29) is 31.2 Å². The van der Waals surface area contributed by atoms with Crippen LogP contribution in [-0.2, 0) is 14.4 Å². The van der Waals surface area contributed by atoms with Crippen LogP contribution in [-0.4, -0.2) is 71.3 Å². The van der Waals surface area contributed by atoms with Crippen LogP contribution in [0.5, 0.6) is 57.5 Å². The highest BCUT2D eigenvalue weighted by Gasteiger charge is 2.35. The fraction of sp³-hybridized carbons (Fsp3) is 0.317. The summed E-state index contributed by atoms with van der Waals surface area (Å²) in [5.74, 6) is 0.122. The number of methoxy groups -OCH3 is 6. The fourth-order valence-electron chi connectivity index (χ4n) is 5.47. The van der Waals surface area contributed by atoms with Gasteiger partial charge in [0.2, 0.25) is 11.8 Å². The van der Waals surface area contributed by atoms with E-state index >= 15 is 0 Å². The molecule has 3 N–H and O–H groups in total. The van der Waals surface area contributed by atoms with Gasteiger partial charge in [0, 0.05) is 29.8 Å². The molecule has 1 aliphatic rings. The Hall–Kier alpha value is -6.64. The molecule has 5 rings (SSSR count). The minimum atomic E-state index is -1.19. The van der Waals surface area contributed by atoms with Gasteiger partial charge in [0.05, 0.1) is 54.0 Å². The van der Waals surface area contributed by atoms with Crippen molar-refractivity contribution in [3.05, 3.63) is 72.3 Å². The normalized spacial score (nSPS) is 13.2. The lowest BCUT2D eigenvalue weighted by Crippen LogP contribution is -2.35. The molecule has 15 nitrogen and oxygen atoms in total. The van der Waals surface area contributed by atoms with Crippen molar-refractivity contribution in [1.29, 1.82) is 0 Å². The van der Waals surface area contributed by atoms with Crippen molar-refractivity contribution >= 4 is 34.9 Å². The summed E-state index contributed by atoms with van der Waals surface area (Å²) in [6.45, 7) is 3.43. The number of ether oxygens (including phenoxy) is 8. The molecule has 15 heteroatoms. The van der Waals surface area contributed by atoms with Crippen LogP contribution in [0.1, 0.15) is 44.5 Å². The monoisotopic (exact) mass is 776 g/mol. The Bertz CT molecular complexity index is 2030. The van der Waals surface area contributed by atoms with E-state index in [0.29, 0.717) is 75.2 Å². The Morgan fingerprint density at radius 2 is 1.14 bits per heavy atom. The standard InChI is InChI=1S/C20H23NO7.C20H21NO6.CH4/c1-5-14(20(23)24)19(22)21-15-10-12(25-2)6-8-16(15)28-17-9-7-13(26-3)11-18(17)27-4;1-5-13-19(22)14-8-12(25-3)10-17(18(14)21-20(13)23)27-15-7-6-11(24-2)9-16(15)26-4;/h6-11,14H,5H2,1-4H3,(H,21,22)(H,23,24);6-10,13H,5H2,1-4H3,(H,21,23);1H4. The van der Waals surface area contributed by atoms with E-state index in [2.05, 4.69) is 10.6 Å². The SMILES string of the molecule is C.CCC(C(=O)O)C(=O)Nc1cc(OC)ccc1Oc1ccc(OC)cc1OC.CCC1C(=O)Nc2c(Oc3ccc(OC)cc3OC)cc(OC)cc2C1=O. The molecule has 0 aliphatic carbocycles. The summed E-state index contributed by atoms with van der Waals surface area (Å²) in [5, 5.41) is 14.6. The van der Waals surface area contributed by atoms with E-state index in [1.165, 1.54) is 28.4 Å². The first-order chi connectivity index (χ1) is 26.4. The molecule has 0 fully saturated rings. The van der Waals surface area contributed by atoms with E-state index in [1.54, 1.807) is 94.8 Å². The lowest BCUT2D eigenvalue weighted by molar-refractivity contribution is -0.145. The summed E-state index contributed by atoms with van der Waals surface area (Å²) < 4.78 is 43.4. The van der Waals surface area contributed by atoms with Crippen molar-refractivity contribution in [3.8, 4) is 57.5 Å². The number of carboxylic acids is 1. The molecule has 2 amide bonds. The number of aliphatic carboxylic acids is 1. The minimum absolute atomic E-state index is 0. The Kier molecular flexibility index (Phi) is 15.8. The zero-order valence-corrected chi connectivity index (χ0v) is 31.8. The molecule has 0 aromatic heterocycles. The molecular formula is C41H48N2O13. The van der Waals surface area contributed by atoms with Crippen LogP contribution in [0.3, 0.4) is 0 Å². The van der Waals surface area contributed by atoms with Crippen LogP contribution >= 0.6 is 0 Å². The number of rotatable bonds is 15. The van der Waals surface area contributed by atoms with Gasteiger partial charge >= 0.3 is 5.97 Å². The molecule has 0 saturated heterocycles. The molecular weight excluding hydrogens is 728 g/mol. The molecule has 1 heterocycles. The van der Waals surface area contributed by atoms with E-state index < -0.39 is 23.7 Å². The van der Waals surface area contributed by atoms with Crippen LogP contribution in [0.15, 0.2) is 66.7 Å². The van der Waals surface area contributed by atoms with Crippen molar-refractivity contribution in [2.75, 3.05) is 53.3 Å². The van der Waals surface area contributed by atoms with Crippen LogP contribution in [0.2, 0.25) is 0 Å². The van der Waals surface area contributed by atoms with E-state index in [4.69, 9.17) is 37.9 Å². The first-order valence-electron chi connectivity index (χ1n) is 17.0. The summed E-state index contributed by atoms with van der Waals surface area (Å²) in [6, 6.07) is 18.2. The third-order valence-corrected chi connectivity index (χ3v) is 8.52. The summed E-state index contributed by atoms with van der Waals surface area (Å²) in [6.07, 6.45) is 0.581. The number of benzene rings is 4. The van der Waals surface area contributed by atoms with E-state index in [1.807, 2.05) is 0 Å². The largest absolute Gasteiger partial charge is 0.497 e. The van der Waals surface area contributed by atoms with Crippen molar-refractivity contribution < 1.29 is 62.2 Å². The maximum atomic E-state index is 12.7. The van der Waals surface area contributed by atoms with Gasteiger partial charge in [-0.2, -0.15) is 0 Å². The molecule has 4 aromatic carbocycles. The smallest absolute Gasteiger partial charge is 0.316 e. The van der Waals surface area contributed by atoms with E-state index in [9.17, 15) is 24.3 Å². The topological polar surface area (TPSA) is 186 Å². The molecule has 2 atom stereocenters. The molecule has 4 aromatic rings. The first kappa shape index (κ1) is 43.8. The minimum Gasteiger partial charge on any atom is -0.497 e. The number of carbonyl (C=O) groups is 4. The van der Waals surface area contributed by atoms with Gasteiger partial charge in [0.1, 0.15) is 34.8 Å². The Labute approximate surface area is 325 Å². The number of nitrogens with one attached hydrogen (secondary N) is 2.